The Morgan fingerprint density at radius 2 is 2.03 bits per heavy atom. The summed E-state index contributed by atoms with van der Waals surface area (Å²) in [7, 11) is 0. The number of nitrogens with zero attached hydrogens (tertiary/aromatic N) is 1. The van der Waals surface area contributed by atoms with Crippen molar-refractivity contribution >= 4 is 33.5 Å². The van der Waals surface area contributed by atoms with Gasteiger partial charge in [-0.3, -0.25) is 9.69 Å². The van der Waals surface area contributed by atoms with Crippen LogP contribution in [0.4, 0.5) is 13.2 Å². The normalized spacial score (nSPS) is 18.4. The van der Waals surface area contributed by atoms with E-state index in [9.17, 15) is 23.1 Å². The van der Waals surface area contributed by atoms with Gasteiger partial charge in [0.05, 0.1) is 18.2 Å². The molecular formula is C21H20BrClF3NO3. The van der Waals surface area contributed by atoms with Crippen molar-refractivity contribution in [2.24, 2.45) is 0 Å². The number of halogens is 5. The van der Waals surface area contributed by atoms with E-state index in [0.29, 0.717) is 41.8 Å². The number of carboxylic acids is 1. The fraction of sp³-hybridized carbons (Fsp3) is 0.381. The summed E-state index contributed by atoms with van der Waals surface area (Å²) in [5.41, 5.74) is -0.0924. The van der Waals surface area contributed by atoms with Gasteiger partial charge in [0.15, 0.2) is 0 Å². The molecule has 162 valence electrons. The van der Waals surface area contributed by atoms with E-state index in [0.717, 1.165) is 12.1 Å². The molecule has 0 amide bonds. The number of ether oxygens (including phenoxy) is 1. The molecule has 1 N–H and O–H groups in total. The van der Waals surface area contributed by atoms with E-state index in [-0.39, 0.29) is 10.6 Å². The average molecular weight is 507 g/mol. The lowest BCUT2D eigenvalue weighted by molar-refractivity contribution is -0.143. The van der Waals surface area contributed by atoms with Gasteiger partial charge in [0.1, 0.15) is 11.8 Å². The van der Waals surface area contributed by atoms with Crippen LogP contribution in [0.5, 0.6) is 5.75 Å². The van der Waals surface area contributed by atoms with Crippen molar-refractivity contribution in [2.75, 3.05) is 13.2 Å². The van der Waals surface area contributed by atoms with E-state index in [1.165, 1.54) is 6.07 Å². The molecule has 2 unspecified atom stereocenters. The molecule has 0 radical (unpaired) electrons. The summed E-state index contributed by atoms with van der Waals surface area (Å²) in [5, 5.41) is 9.84. The van der Waals surface area contributed by atoms with Crippen molar-refractivity contribution in [3.63, 3.8) is 0 Å². The van der Waals surface area contributed by atoms with E-state index in [2.05, 4.69) is 15.9 Å². The first-order chi connectivity index (χ1) is 14.1. The second-order valence-corrected chi connectivity index (χ2v) is 8.31. The molecule has 0 bridgehead atoms. The van der Waals surface area contributed by atoms with Gasteiger partial charge in [-0.25, -0.2) is 0 Å². The van der Waals surface area contributed by atoms with Crippen molar-refractivity contribution in [1.29, 1.82) is 0 Å². The zero-order chi connectivity index (χ0) is 22.1. The van der Waals surface area contributed by atoms with Crippen LogP contribution in [0, 0.1) is 0 Å². The van der Waals surface area contributed by atoms with Gasteiger partial charge < -0.3 is 9.84 Å². The van der Waals surface area contributed by atoms with Crippen molar-refractivity contribution in [1.82, 2.24) is 4.90 Å². The number of aliphatic carboxylic acids is 1. The van der Waals surface area contributed by atoms with E-state index in [1.54, 1.807) is 30.0 Å². The van der Waals surface area contributed by atoms with Crippen LogP contribution >= 0.6 is 27.5 Å². The third-order valence-electron chi connectivity index (χ3n) is 5.10. The number of carboxylic acid groups (broad SMARTS) is 1. The molecule has 2 aromatic carbocycles. The molecule has 1 saturated heterocycles. The van der Waals surface area contributed by atoms with Crippen molar-refractivity contribution < 1.29 is 27.8 Å². The average Bonchev–Trinajstić information content (AvgIpc) is 3.14. The first kappa shape index (κ1) is 22.9. The van der Waals surface area contributed by atoms with E-state index in [1.807, 2.05) is 0 Å². The van der Waals surface area contributed by atoms with Gasteiger partial charge in [-0.15, -0.1) is 0 Å². The highest BCUT2D eigenvalue weighted by Gasteiger charge is 2.40. The molecular weight excluding hydrogens is 487 g/mol. The van der Waals surface area contributed by atoms with Crippen LogP contribution in [0.3, 0.4) is 0 Å². The predicted molar refractivity (Wildman–Crippen MR) is 111 cm³/mol. The summed E-state index contributed by atoms with van der Waals surface area (Å²) in [4.78, 5) is 13.6. The summed E-state index contributed by atoms with van der Waals surface area (Å²) in [6, 6.07) is 6.69. The number of likely N-dealkylation sites (tertiary alicyclic amines) is 1. The molecule has 0 saturated carbocycles. The molecule has 1 aliphatic heterocycles. The van der Waals surface area contributed by atoms with E-state index in [4.69, 9.17) is 16.3 Å². The van der Waals surface area contributed by atoms with Crippen molar-refractivity contribution in [3.05, 3.63) is 62.6 Å². The monoisotopic (exact) mass is 505 g/mol. The fourth-order valence-corrected chi connectivity index (χ4v) is 4.44. The minimum absolute atomic E-state index is 0.131. The highest BCUT2D eigenvalue weighted by atomic mass is 79.9. The molecule has 4 nitrogen and oxygen atoms in total. The molecule has 1 fully saturated rings. The Morgan fingerprint density at radius 3 is 2.67 bits per heavy atom. The smallest absolute Gasteiger partial charge is 0.416 e. The quantitative estimate of drug-likeness (QED) is 0.510. The highest BCUT2D eigenvalue weighted by molar-refractivity contribution is 9.10. The number of hydrogen-bond acceptors (Lipinski definition) is 3. The third-order valence-corrected chi connectivity index (χ3v) is 5.93. The SMILES string of the molecule is CCOc1ccc(Br)cc1C(c1cc(C(F)(F)F)ccc1Cl)N1CCCC1C(=O)O. The third kappa shape index (κ3) is 4.76. The molecule has 9 heteroatoms. The van der Waals surface area contributed by atoms with Crippen molar-refractivity contribution in [2.45, 2.75) is 38.0 Å². The summed E-state index contributed by atoms with van der Waals surface area (Å²) in [5.74, 6) is -0.552. The van der Waals surface area contributed by atoms with E-state index < -0.39 is 29.8 Å². The number of alkyl halides is 3. The number of carbonyl (C=O) groups is 1. The molecule has 2 atom stereocenters. The van der Waals surface area contributed by atoms with Gasteiger partial charge in [-0.2, -0.15) is 13.2 Å². The summed E-state index contributed by atoms with van der Waals surface area (Å²) >= 11 is 9.77. The van der Waals surface area contributed by atoms with Crippen LogP contribution in [0.1, 0.15) is 42.5 Å². The van der Waals surface area contributed by atoms with Gasteiger partial charge in [-0.1, -0.05) is 27.5 Å². The second kappa shape index (κ2) is 9.16. The maximum absolute atomic E-state index is 13.4. The van der Waals surface area contributed by atoms with Crippen LogP contribution in [0.2, 0.25) is 5.02 Å². The standard InChI is InChI=1S/C21H20BrClF3NO3/c1-2-30-18-8-6-13(22)11-15(18)19(27-9-3-4-17(27)20(28)29)14-10-12(21(24,25)26)5-7-16(14)23/h5-8,10-11,17,19H,2-4,9H2,1H3,(H,28,29). The first-order valence-electron chi connectivity index (χ1n) is 9.41. The van der Waals surface area contributed by atoms with E-state index >= 15 is 0 Å². The Morgan fingerprint density at radius 1 is 1.30 bits per heavy atom. The minimum atomic E-state index is -4.55. The lowest BCUT2D eigenvalue weighted by atomic mass is 9.93. The number of rotatable bonds is 6. The molecule has 0 aromatic heterocycles. The maximum Gasteiger partial charge on any atom is 0.416 e. The Kier molecular flexibility index (Phi) is 6.99. The van der Waals surface area contributed by atoms with Crippen LogP contribution in [0.15, 0.2) is 40.9 Å². The van der Waals surface area contributed by atoms with Gasteiger partial charge in [0, 0.05) is 21.6 Å². The summed E-state index contributed by atoms with van der Waals surface area (Å²) in [6.07, 6.45) is -3.54. The molecule has 0 spiro atoms. The molecule has 1 heterocycles. The minimum Gasteiger partial charge on any atom is -0.494 e. The van der Waals surface area contributed by atoms with Crippen LogP contribution in [0.25, 0.3) is 0 Å². The Balaban J connectivity index is 2.25. The first-order valence-corrected chi connectivity index (χ1v) is 10.6. The highest BCUT2D eigenvalue weighted by Crippen LogP contribution is 2.44. The van der Waals surface area contributed by atoms with Crippen molar-refractivity contribution in [3.8, 4) is 5.75 Å². The van der Waals surface area contributed by atoms with Crippen LogP contribution in [-0.2, 0) is 11.0 Å². The summed E-state index contributed by atoms with van der Waals surface area (Å²) < 4.78 is 46.7. The van der Waals surface area contributed by atoms with Crippen LogP contribution < -0.4 is 4.74 Å². The van der Waals surface area contributed by atoms with Gasteiger partial charge >= 0.3 is 12.1 Å². The number of hydrogen-bond donors (Lipinski definition) is 1. The lowest BCUT2D eigenvalue weighted by Gasteiger charge is -2.34. The summed E-state index contributed by atoms with van der Waals surface area (Å²) in [6.45, 7) is 2.56. The zero-order valence-electron chi connectivity index (χ0n) is 16.0. The number of benzene rings is 2. The Labute approximate surface area is 185 Å². The van der Waals surface area contributed by atoms with Crippen LogP contribution in [-0.4, -0.2) is 35.2 Å². The topological polar surface area (TPSA) is 49.8 Å². The Hall–Kier alpha value is -1.77. The van der Waals surface area contributed by atoms with Gasteiger partial charge in [-0.05, 0) is 61.7 Å². The van der Waals surface area contributed by atoms with Gasteiger partial charge in [0.25, 0.3) is 0 Å². The second-order valence-electron chi connectivity index (χ2n) is 6.99. The lowest BCUT2D eigenvalue weighted by Crippen LogP contribution is -2.39. The Bertz CT molecular complexity index is 938. The van der Waals surface area contributed by atoms with Gasteiger partial charge in [0.2, 0.25) is 0 Å². The molecule has 30 heavy (non-hydrogen) atoms. The largest absolute Gasteiger partial charge is 0.494 e. The molecule has 3 rings (SSSR count). The maximum atomic E-state index is 13.4. The molecule has 1 aliphatic rings. The molecule has 0 aliphatic carbocycles. The molecule has 2 aromatic rings. The zero-order valence-corrected chi connectivity index (χ0v) is 18.4. The fourth-order valence-electron chi connectivity index (χ4n) is 3.84. The predicted octanol–water partition coefficient (Wildman–Crippen LogP) is 6.16.